The molecule has 0 unspecified atom stereocenters. The SMILES string of the molecule is Cc1c(I)nc(-c2cc(-c3ccc4c(c3)CN([C@@H](C)C3CC3)C4=O)ccn2)n1COCC[Si](C)(C)C. The average molecular weight is 615 g/mol. The summed E-state index contributed by atoms with van der Waals surface area (Å²) in [5.74, 6) is 1.67. The maximum Gasteiger partial charge on any atom is 0.254 e. The van der Waals surface area contributed by atoms with Gasteiger partial charge in [0.05, 0.1) is 5.69 Å². The lowest BCUT2D eigenvalue weighted by Gasteiger charge is -2.23. The fourth-order valence-corrected chi connectivity index (χ4v) is 6.09. The summed E-state index contributed by atoms with van der Waals surface area (Å²) in [5, 5.41) is 0. The van der Waals surface area contributed by atoms with Crippen molar-refractivity contribution in [2.45, 2.75) is 71.7 Å². The molecule has 0 spiro atoms. The fraction of sp³-hybridized carbons (Fsp3) is 0.464. The Morgan fingerprint density at radius 3 is 2.64 bits per heavy atom. The minimum absolute atomic E-state index is 0.174. The molecule has 5 rings (SSSR count). The van der Waals surface area contributed by atoms with Crippen molar-refractivity contribution >= 4 is 36.6 Å². The van der Waals surface area contributed by atoms with Crippen molar-refractivity contribution in [2.75, 3.05) is 6.61 Å². The molecule has 1 amide bonds. The second-order valence-corrected chi connectivity index (χ2v) is 18.0. The van der Waals surface area contributed by atoms with Gasteiger partial charge in [0.25, 0.3) is 5.91 Å². The van der Waals surface area contributed by atoms with Crippen molar-refractivity contribution in [1.29, 1.82) is 0 Å². The van der Waals surface area contributed by atoms with Crippen LogP contribution in [0.4, 0.5) is 0 Å². The van der Waals surface area contributed by atoms with Crippen molar-refractivity contribution in [2.24, 2.45) is 5.92 Å². The Bertz CT molecular complexity index is 1300. The van der Waals surface area contributed by atoms with Gasteiger partial charge < -0.3 is 14.2 Å². The lowest BCUT2D eigenvalue weighted by atomic mass is 10.0. The van der Waals surface area contributed by atoms with Gasteiger partial charge in [-0.2, -0.15) is 0 Å². The van der Waals surface area contributed by atoms with Crippen molar-refractivity contribution in [3.63, 3.8) is 0 Å². The van der Waals surface area contributed by atoms with E-state index in [1.54, 1.807) is 0 Å². The van der Waals surface area contributed by atoms with Crippen LogP contribution in [0.5, 0.6) is 0 Å². The van der Waals surface area contributed by atoms with E-state index in [1.807, 2.05) is 23.2 Å². The van der Waals surface area contributed by atoms with Crippen molar-refractivity contribution < 1.29 is 9.53 Å². The number of hydrogen-bond donors (Lipinski definition) is 0. The number of benzene rings is 1. The summed E-state index contributed by atoms with van der Waals surface area (Å²) in [6.07, 6.45) is 4.32. The van der Waals surface area contributed by atoms with E-state index in [2.05, 4.69) is 83.8 Å². The molecular weight excluding hydrogens is 579 g/mol. The summed E-state index contributed by atoms with van der Waals surface area (Å²) >= 11 is 2.28. The number of hydrogen-bond acceptors (Lipinski definition) is 4. The van der Waals surface area contributed by atoms with E-state index in [9.17, 15) is 4.79 Å². The third-order valence-electron chi connectivity index (χ3n) is 7.44. The molecule has 36 heavy (non-hydrogen) atoms. The maximum absolute atomic E-state index is 13.0. The Hall–Kier alpha value is -2.04. The molecule has 0 N–H and O–H groups in total. The number of carbonyl (C=O) groups excluding carboxylic acids is 1. The fourth-order valence-electron chi connectivity index (χ4n) is 4.81. The highest BCUT2D eigenvalue weighted by atomic mass is 127. The summed E-state index contributed by atoms with van der Waals surface area (Å²) < 4.78 is 9.15. The van der Waals surface area contributed by atoms with Crippen LogP contribution in [0.3, 0.4) is 0 Å². The Morgan fingerprint density at radius 2 is 1.92 bits per heavy atom. The van der Waals surface area contributed by atoms with E-state index in [0.717, 1.165) is 55.8 Å². The third kappa shape index (κ3) is 5.31. The summed E-state index contributed by atoms with van der Waals surface area (Å²) in [5.41, 5.74) is 6.05. The first-order valence-corrected chi connectivity index (χ1v) is 17.6. The van der Waals surface area contributed by atoms with Crippen LogP contribution in [0.25, 0.3) is 22.6 Å². The molecule has 6 nitrogen and oxygen atoms in total. The third-order valence-corrected chi connectivity index (χ3v) is 10.2. The molecule has 1 atom stereocenters. The van der Waals surface area contributed by atoms with Crippen molar-refractivity contribution in [3.8, 4) is 22.6 Å². The summed E-state index contributed by atoms with van der Waals surface area (Å²) in [4.78, 5) is 24.5. The lowest BCUT2D eigenvalue weighted by Crippen LogP contribution is -2.34. The Balaban J connectivity index is 1.38. The van der Waals surface area contributed by atoms with Crippen molar-refractivity contribution in [1.82, 2.24) is 19.4 Å². The van der Waals surface area contributed by atoms with Gasteiger partial charge in [-0.3, -0.25) is 9.78 Å². The molecular formula is C28H35IN4O2Si. The number of imidazole rings is 1. The summed E-state index contributed by atoms with van der Waals surface area (Å²) in [6, 6.07) is 11.8. The molecule has 2 aliphatic rings. The molecule has 1 aliphatic carbocycles. The van der Waals surface area contributed by atoms with Crippen LogP contribution in [0, 0.1) is 16.5 Å². The number of fused-ring (bicyclic) bond motifs is 1. The van der Waals surface area contributed by atoms with E-state index in [4.69, 9.17) is 9.72 Å². The van der Waals surface area contributed by atoms with Crippen LogP contribution >= 0.6 is 22.6 Å². The molecule has 0 bridgehead atoms. The number of ether oxygens (including phenoxy) is 1. The Kier molecular flexibility index (Phi) is 7.13. The number of carbonyl (C=O) groups is 1. The smallest absolute Gasteiger partial charge is 0.254 e. The zero-order valence-corrected chi connectivity index (χ0v) is 25.0. The first-order valence-electron chi connectivity index (χ1n) is 12.8. The number of nitrogens with zero attached hydrogens (tertiary/aromatic N) is 4. The second kappa shape index (κ2) is 10.0. The van der Waals surface area contributed by atoms with Crippen molar-refractivity contribution in [3.05, 3.63) is 57.1 Å². The monoisotopic (exact) mass is 614 g/mol. The second-order valence-electron chi connectivity index (χ2n) is 11.4. The molecule has 8 heteroatoms. The number of halogens is 1. The van der Waals surface area contributed by atoms with Crippen LogP contribution in [0.1, 0.15) is 41.4 Å². The van der Waals surface area contributed by atoms with Gasteiger partial charge in [0.1, 0.15) is 16.1 Å². The average Bonchev–Trinajstić information content (AvgIpc) is 3.59. The molecule has 2 aromatic heterocycles. The van der Waals surface area contributed by atoms with Crippen LogP contribution < -0.4 is 0 Å². The van der Waals surface area contributed by atoms with Crippen LogP contribution in [-0.4, -0.2) is 46.1 Å². The molecule has 3 heterocycles. The number of amides is 1. The van der Waals surface area contributed by atoms with E-state index in [-0.39, 0.29) is 5.91 Å². The predicted molar refractivity (Wildman–Crippen MR) is 155 cm³/mol. The van der Waals surface area contributed by atoms with Gasteiger partial charge in [-0.05, 0) is 102 Å². The first-order chi connectivity index (χ1) is 17.1. The highest BCUT2D eigenvalue weighted by Crippen LogP contribution is 2.39. The number of aromatic nitrogens is 3. The first kappa shape index (κ1) is 25.6. The van der Waals surface area contributed by atoms with E-state index >= 15 is 0 Å². The standard InChI is InChI=1S/C28H35IN4O2Si/c1-18(20-6-7-20)32-16-23-14-21(8-9-24(23)28(32)34)22-10-11-30-25(15-22)27-31-26(29)19(2)33(27)17-35-12-13-36(3,4)5/h8-11,14-15,18,20H,6-7,12-13,16-17H2,1-5H3/t18-/m0/s1. The van der Waals surface area contributed by atoms with E-state index < -0.39 is 8.07 Å². The maximum atomic E-state index is 13.0. The summed E-state index contributed by atoms with van der Waals surface area (Å²) in [7, 11) is -1.14. The molecule has 1 fully saturated rings. The van der Waals surface area contributed by atoms with Gasteiger partial charge in [-0.25, -0.2) is 4.98 Å². The predicted octanol–water partition coefficient (Wildman–Crippen LogP) is 6.59. The minimum atomic E-state index is -1.14. The number of pyridine rings is 1. The molecule has 1 aromatic carbocycles. The molecule has 1 aliphatic heterocycles. The van der Waals surface area contributed by atoms with Crippen LogP contribution in [0.15, 0.2) is 36.5 Å². The van der Waals surface area contributed by atoms with Gasteiger partial charge >= 0.3 is 0 Å². The van der Waals surface area contributed by atoms with E-state index in [1.165, 1.54) is 12.8 Å². The molecule has 0 saturated heterocycles. The van der Waals surface area contributed by atoms with Crippen LogP contribution in [0.2, 0.25) is 25.7 Å². The molecule has 1 saturated carbocycles. The van der Waals surface area contributed by atoms with Crippen LogP contribution in [-0.2, 0) is 18.0 Å². The Morgan fingerprint density at radius 1 is 1.17 bits per heavy atom. The van der Waals surface area contributed by atoms with E-state index in [0.29, 0.717) is 25.2 Å². The summed E-state index contributed by atoms with van der Waals surface area (Å²) in [6.45, 7) is 13.3. The molecule has 3 aromatic rings. The lowest BCUT2D eigenvalue weighted by molar-refractivity contribution is 0.0697. The Labute approximate surface area is 228 Å². The van der Waals surface area contributed by atoms with Gasteiger partial charge in [0.2, 0.25) is 0 Å². The quantitative estimate of drug-likeness (QED) is 0.155. The van der Waals surface area contributed by atoms with Gasteiger partial charge in [0, 0.05) is 39.0 Å². The molecule has 0 radical (unpaired) electrons. The highest BCUT2D eigenvalue weighted by molar-refractivity contribution is 14.1. The largest absolute Gasteiger partial charge is 0.361 e. The number of rotatable bonds is 9. The highest BCUT2D eigenvalue weighted by Gasteiger charge is 2.38. The van der Waals surface area contributed by atoms with Gasteiger partial charge in [-0.1, -0.05) is 25.7 Å². The molecule has 190 valence electrons. The normalized spacial score (nSPS) is 16.5. The minimum Gasteiger partial charge on any atom is -0.361 e. The zero-order chi connectivity index (χ0) is 25.6. The van der Waals surface area contributed by atoms with Gasteiger partial charge in [0.15, 0.2) is 5.82 Å². The van der Waals surface area contributed by atoms with Gasteiger partial charge in [-0.15, -0.1) is 0 Å². The zero-order valence-electron chi connectivity index (χ0n) is 21.8. The topological polar surface area (TPSA) is 60.2 Å².